The molecule has 2 saturated carbocycles. The Bertz CT molecular complexity index is 816. The topological polar surface area (TPSA) is 156 Å². The number of carbonyl (C=O) groups is 2. The number of aliphatic hydroxyl groups excluding tert-OH is 5. The lowest BCUT2D eigenvalue weighted by molar-refractivity contribution is -0.228. The molecule has 0 spiro atoms. The minimum absolute atomic E-state index is 0.0760. The van der Waals surface area contributed by atoms with Crippen LogP contribution in [0.1, 0.15) is 33.1 Å². The predicted octanol–water partition coefficient (Wildman–Crippen LogP) is -0.371. The van der Waals surface area contributed by atoms with Gasteiger partial charge in [0.25, 0.3) is 0 Å². The first-order valence-electron chi connectivity index (χ1n) is 10.6. The smallest absolute Gasteiger partial charge is 0.161 e. The first-order chi connectivity index (χ1) is 14.0. The highest BCUT2D eigenvalue weighted by Gasteiger charge is 2.65. The molecule has 0 aliphatic heterocycles. The summed E-state index contributed by atoms with van der Waals surface area (Å²) in [5.74, 6) is -4.80. The summed E-state index contributed by atoms with van der Waals surface area (Å²) in [4.78, 5) is 25.3. The summed E-state index contributed by atoms with van der Waals surface area (Å²) in [6, 6.07) is 0. The Morgan fingerprint density at radius 1 is 1.17 bits per heavy atom. The number of allylic oxidation sites excluding steroid dienone is 1. The van der Waals surface area contributed by atoms with Crippen LogP contribution in [0.15, 0.2) is 23.5 Å². The molecule has 0 bridgehead atoms. The Labute approximate surface area is 174 Å². The Morgan fingerprint density at radius 2 is 1.83 bits per heavy atom. The number of hydrogen-bond acceptors (Lipinski definition) is 8. The van der Waals surface area contributed by atoms with Crippen LogP contribution < -0.4 is 0 Å². The van der Waals surface area contributed by atoms with E-state index in [2.05, 4.69) is 0 Å². The van der Waals surface area contributed by atoms with Gasteiger partial charge in [0.05, 0.1) is 29.8 Å². The monoisotopic (exact) mass is 422 g/mol. The summed E-state index contributed by atoms with van der Waals surface area (Å²) >= 11 is 0. The van der Waals surface area contributed by atoms with Gasteiger partial charge in [-0.3, -0.25) is 9.59 Å². The van der Waals surface area contributed by atoms with Gasteiger partial charge in [0.1, 0.15) is 23.2 Å². The van der Waals surface area contributed by atoms with Crippen molar-refractivity contribution in [3.05, 3.63) is 23.5 Å². The molecule has 2 fully saturated rings. The van der Waals surface area contributed by atoms with Crippen molar-refractivity contribution < 1.29 is 40.2 Å². The molecular weight excluding hydrogens is 392 g/mol. The third kappa shape index (κ3) is 2.85. The number of ketones is 2. The molecule has 11 atom stereocenters. The maximum Gasteiger partial charge on any atom is 0.161 e. The molecule has 0 heterocycles. The number of aliphatic hydroxyl groups is 6. The molecule has 8 heteroatoms. The fraction of sp³-hybridized carbons (Fsp3) is 0.727. The molecular formula is C22H30O8. The quantitative estimate of drug-likeness (QED) is 0.329. The zero-order chi connectivity index (χ0) is 22.1. The van der Waals surface area contributed by atoms with Crippen LogP contribution in [-0.4, -0.2) is 72.2 Å². The second kappa shape index (κ2) is 7.24. The predicted molar refractivity (Wildman–Crippen MR) is 104 cm³/mol. The highest BCUT2D eigenvalue weighted by Crippen LogP contribution is 2.56. The Hall–Kier alpha value is -1.58. The van der Waals surface area contributed by atoms with Crippen LogP contribution in [0.4, 0.5) is 0 Å². The van der Waals surface area contributed by atoms with Gasteiger partial charge in [-0.15, -0.1) is 0 Å². The third-order valence-corrected chi connectivity index (χ3v) is 8.05. The SMILES string of the molecule is CC(=O)C1=C(O)C[C@@H]2C[C@@H]3CC4C(C(C)O)C=CC(O)C4C(=O)C3C(O)[C@]2(O)C1O. The van der Waals surface area contributed by atoms with E-state index in [-0.39, 0.29) is 41.9 Å². The standard InChI is InChI=1S/C22H30O8/c1-8(23)12-3-4-14(25)18-13(12)6-10-5-11-7-15(26)16(9(2)24)20(28)22(11,30)21(29)17(10)19(18)27/h3-4,8,10-14,17-18,20-21,23,25-26,28-30H,5-7H2,1-2H3/t8?,10-,11+,12?,13?,14?,17?,18?,20?,21?,22-/m1/s1. The zero-order valence-electron chi connectivity index (χ0n) is 17.0. The molecule has 166 valence electrons. The average molecular weight is 422 g/mol. The van der Waals surface area contributed by atoms with Crippen LogP contribution >= 0.6 is 0 Å². The summed E-state index contributed by atoms with van der Waals surface area (Å²) < 4.78 is 0. The van der Waals surface area contributed by atoms with E-state index in [0.717, 1.165) is 6.92 Å². The second-order valence-electron chi connectivity index (χ2n) is 9.59. The third-order valence-electron chi connectivity index (χ3n) is 8.05. The van der Waals surface area contributed by atoms with Crippen molar-refractivity contribution in [2.75, 3.05) is 0 Å². The summed E-state index contributed by atoms with van der Waals surface area (Å²) in [6.07, 6.45) is -1.33. The zero-order valence-corrected chi connectivity index (χ0v) is 17.0. The van der Waals surface area contributed by atoms with E-state index in [4.69, 9.17) is 0 Å². The lowest BCUT2D eigenvalue weighted by Gasteiger charge is -2.57. The molecule has 0 aromatic heterocycles. The van der Waals surface area contributed by atoms with E-state index in [0.29, 0.717) is 6.42 Å². The van der Waals surface area contributed by atoms with Crippen LogP contribution in [0.3, 0.4) is 0 Å². The fourth-order valence-electron chi connectivity index (χ4n) is 6.65. The van der Waals surface area contributed by atoms with E-state index in [1.165, 1.54) is 6.08 Å². The van der Waals surface area contributed by atoms with Crippen molar-refractivity contribution in [1.82, 2.24) is 0 Å². The van der Waals surface area contributed by atoms with Crippen molar-refractivity contribution in [2.45, 2.75) is 63.1 Å². The first kappa shape index (κ1) is 21.6. The van der Waals surface area contributed by atoms with Gasteiger partial charge in [-0.2, -0.15) is 0 Å². The molecule has 0 amide bonds. The average Bonchev–Trinajstić information content (AvgIpc) is 2.64. The molecule has 0 saturated heterocycles. The van der Waals surface area contributed by atoms with Gasteiger partial charge in [0.2, 0.25) is 0 Å². The lowest BCUT2D eigenvalue weighted by Crippen LogP contribution is -2.69. The van der Waals surface area contributed by atoms with Gasteiger partial charge in [-0.25, -0.2) is 0 Å². The van der Waals surface area contributed by atoms with Crippen molar-refractivity contribution in [3.63, 3.8) is 0 Å². The van der Waals surface area contributed by atoms with Gasteiger partial charge in [-0.1, -0.05) is 12.2 Å². The van der Waals surface area contributed by atoms with Crippen LogP contribution in [0.5, 0.6) is 0 Å². The van der Waals surface area contributed by atoms with Crippen LogP contribution in [0.25, 0.3) is 0 Å². The van der Waals surface area contributed by atoms with Gasteiger partial charge < -0.3 is 30.6 Å². The van der Waals surface area contributed by atoms with E-state index >= 15 is 0 Å². The van der Waals surface area contributed by atoms with Gasteiger partial charge in [-0.05, 0) is 38.5 Å². The molecule has 8 nitrogen and oxygen atoms in total. The van der Waals surface area contributed by atoms with Crippen LogP contribution in [0.2, 0.25) is 0 Å². The van der Waals surface area contributed by atoms with E-state index in [9.17, 15) is 40.2 Å². The van der Waals surface area contributed by atoms with Gasteiger partial charge >= 0.3 is 0 Å². The second-order valence-corrected chi connectivity index (χ2v) is 9.59. The summed E-state index contributed by atoms with van der Waals surface area (Å²) in [7, 11) is 0. The molecule has 30 heavy (non-hydrogen) atoms. The van der Waals surface area contributed by atoms with Crippen molar-refractivity contribution in [2.24, 2.45) is 35.5 Å². The van der Waals surface area contributed by atoms with Crippen molar-refractivity contribution in [3.8, 4) is 0 Å². The van der Waals surface area contributed by atoms with Gasteiger partial charge in [0.15, 0.2) is 5.78 Å². The highest BCUT2D eigenvalue weighted by molar-refractivity contribution is 5.95. The number of Topliss-reactive ketones (excluding diaryl/α,β-unsaturated/α-hetero) is 2. The number of hydrogen-bond donors (Lipinski definition) is 6. The van der Waals surface area contributed by atoms with Crippen LogP contribution in [0, 0.1) is 35.5 Å². The minimum atomic E-state index is -2.14. The molecule has 4 aliphatic carbocycles. The maximum absolute atomic E-state index is 13.4. The number of rotatable bonds is 2. The van der Waals surface area contributed by atoms with E-state index in [1.54, 1.807) is 13.0 Å². The Morgan fingerprint density at radius 3 is 2.43 bits per heavy atom. The summed E-state index contributed by atoms with van der Waals surface area (Å²) in [6.45, 7) is 2.80. The van der Waals surface area contributed by atoms with Crippen molar-refractivity contribution in [1.29, 1.82) is 0 Å². The molecule has 4 rings (SSSR count). The fourth-order valence-corrected chi connectivity index (χ4v) is 6.65. The first-order valence-corrected chi connectivity index (χ1v) is 10.6. The van der Waals surface area contributed by atoms with Crippen molar-refractivity contribution >= 4 is 11.6 Å². The molecule has 6 N–H and O–H groups in total. The number of carbonyl (C=O) groups excluding carboxylic acids is 2. The number of fused-ring (bicyclic) bond motifs is 3. The Kier molecular flexibility index (Phi) is 5.22. The van der Waals surface area contributed by atoms with Gasteiger partial charge in [0, 0.05) is 24.2 Å². The molecule has 4 aliphatic rings. The van der Waals surface area contributed by atoms with E-state index < -0.39 is 59.3 Å². The normalized spacial score (nSPS) is 49.2. The molecule has 8 unspecified atom stereocenters. The molecule has 0 radical (unpaired) electrons. The van der Waals surface area contributed by atoms with Crippen LogP contribution in [-0.2, 0) is 9.59 Å². The minimum Gasteiger partial charge on any atom is -0.512 e. The lowest BCUT2D eigenvalue weighted by atomic mass is 9.50. The summed E-state index contributed by atoms with van der Waals surface area (Å²) in [5, 5.41) is 64.2. The Balaban J connectivity index is 1.73. The largest absolute Gasteiger partial charge is 0.512 e. The molecule has 0 aromatic rings. The molecule has 0 aromatic carbocycles. The maximum atomic E-state index is 13.4. The summed E-state index contributed by atoms with van der Waals surface area (Å²) in [5.41, 5.74) is -2.47. The van der Waals surface area contributed by atoms with E-state index in [1.807, 2.05) is 0 Å². The highest BCUT2D eigenvalue weighted by atomic mass is 16.4.